The summed E-state index contributed by atoms with van der Waals surface area (Å²) in [6.45, 7) is 1.94. The van der Waals surface area contributed by atoms with Crippen LogP contribution in [0.3, 0.4) is 0 Å². The minimum absolute atomic E-state index is 0.0363. The lowest BCUT2D eigenvalue weighted by Gasteiger charge is -2.34. The Morgan fingerprint density at radius 1 is 1.56 bits per heavy atom. The lowest BCUT2D eigenvalue weighted by Crippen LogP contribution is -2.36. The molecule has 2 heterocycles. The van der Waals surface area contributed by atoms with Gasteiger partial charge in [0.15, 0.2) is 0 Å². The number of aromatic nitrogens is 3. The quantitative estimate of drug-likeness (QED) is 0.513. The van der Waals surface area contributed by atoms with Gasteiger partial charge < -0.3 is 14.9 Å². The van der Waals surface area contributed by atoms with Crippen LogP contribution in [0.4, 0.5) is 5.95 Å². The van der Waals surface area contributed by atoms with E-state index in [9.17, 15) is 10.1 Å². The van der Waals surface area contributed by atoms with E-state index in [1.165, 1.54) is 4.68 Å². The summed E-state index contributed by atoms with van der Waals surface area (Å²) < 4.78 is 7.24. The molecule has 0 radical (unpaired) electrons. The fraction of sp³-hybridized carbons (Fsp3) is 0.778. The molecule has 100 valence electrons. The largest absolute Gasteiger partial charge is 0.492 e. The molecule has 2 rings (SSSR count). The van der Waals surface area contributed by atoms with Crippen molar-refractivity contribution in [3.05, 3.63) is 14.8 Å². The van der Waals surface area contributed by atoms with E-state index in [-0.39, 0.29) is 11.4 Å². The number of rotatable bonds is 4. The predicted octanol–water partition coefficient (Wildman–Crippen LogP) is 1.68. The summed E-state index contributed by atoms with van der Waals surface area (Å²) in [7, 11) is 0. The van der Waals surface area contributed by atoms with E-state index < -0.39 is 4.92 Å². The average molecular weight is 337 g/mol. The molecule has 0 unspecified atom stereocenters. The number of thiol groups is 1. The van der Waals surface area contributed by atoms with Crippen molar-refractivity contribution >= 4 is 34.5 Å². The first-order chi connectivity index (χ1) is 8.56. The highest BCUT2D eigenvalue weighted by Crippen LogP contribution is 2.34. The van der Waals surface area contributed by atoms with E-state index in [0.29, 0.717) is 30.2 Å². The third-order valence-electron chi connectivity index (χ3n) is 3.15. The van der Waals surface area contributed by atoms with Crippen LogP contribution in [0.1, 0.15) is 12.8 Å². The zero-order chi connectivity index (χ0) is 13.2. The van der Waals surface area contributed by atoms with Crippen molar-refractivity contribution in [2.24, 2.45) is 5.41 Å². The first-order valence-corrected chi connectivity index (χ1v) is 6.92. The van der Waals surface area contributed by atoms with Crippen molar-refractivity contribution in [2.75, 3.05) is 19.0 Å². The molecule has 0 aliphatic carbocycles. The summed E-state index contributed by atoms with van der Waals surface area (Å²) >= 11 is 7.59. The molecule has 1 aliphatic heterocycles. The molecule has 18 heavy (non-hydrogen) atoms. The number of hydrogen-bond donors (Lipinski definition) is 1. The Balaban J connectivity index is 2.18. The summed E-state index contributed by atoms with van der Waals surface area (Å²) in [5.41, 5.74) is -0.0363. The van der Waals surface area contributed by atoms with Crippen LogP contribution >= 0.6 is 28.6 Å². The molecule has 1 saturated heterocycles. The SMILES string of the molecule is O=[N+]([O-])c1nc(Br)n(CC2(CS)CCOCC2)n1. The van der Waals surface area contributed by atoms with E-state index in [4.69, 9.17) is 4.74 Å². The Morgan fingerprint density at radius 2 is 2.22 bits per heavy atom. The maximum atomic E-state index is 10.6. The van der Waals surface area contributed by atoms with Gasteiger partial charge in [0.25, 0.3) is 4.73 Å². The molecule has 0 atom stereocenters. The van der Waals surface area contributed by atoms with Crippen LogP contribution in [0.15, 0.2) is 4.73 Å². The first kappa shape index (κ1) is 13.8. The van der Waals surface area contributed by atoms with Crippen LogP contribution in [0.2, 0.25) is 0 Å². The lowest BCUT2D eigenvalue weighted by atomic mass is 9.82. The number of nitro groups is 1. The summed E-state index contributed by atoms with van der Waals surface area (Å²) in [5.74, 6) is 0.305. The second kappa shape index (κ2) is 5.54. The normalized spacial score (nSPS) is 18.8. The summed E-state index contributed by atoms with van der Waals surface area (Å²) in [5, 5.41) is 14.5. The Bertz CT molecular complexity index is 447. The highest BCUT2D eigenvalue weighted by molar-refractivity contribution is 9.10. The first-order valence-electron chi connectivity index (χ1n) is 5.50. The van der Waals surface area contributed by atoms with Gasteiger partial charge in [-0.15, -0.1) is 0 Å². The van der Waals surface area contributed by atoms with Gasteiger partial charge in [-0.25, -0.2) is 0 Å². The minimum Gasteiger partial charge on any atom is -0.390 e. The highest BCUT2D eigenvalue weighted by Gasteiger charge is 2.34. The Morgan fingerprint density at radius 3 is 2.72 bits per heavy atom. The monoisotopic (exact) mass is 336 g/mol. The van der Waals surface area contributed by atoms with Crippen molar-refractivity contribution in [1.29, 1.82) is 0 Å². The number of hydrogen-bond acceptors (Lipinski definition) is 6. The molecule has 9 heteroatoms. The van der Waals surface area contributed by atoms with Crippen molar-refractivity contribution in [3.8, 4) is 0 Å². The molecular weight excluding hydrogens is 324 g/mol. The standard InChI is InChI=1S/C9H13BrN4O3S/c10-7-11-8(14(15)16)12-13(7)5-9(6-18)1-3-17-4-2-9/h18H,1-6H2. The summed E-state index contributed by atoms with van der Waals surface area (Å²) in [6.07, 6.45) is 1.74. The number of ether oxygens (including phenoxy) is 1. The van der Waals surface area contributed by atoms with Crippen molar-refractivity contribution in [2.45, 2.75) is 19.4 Å². The van der Waals surface area contributed by atoms with Crippen molar-refractivity contribution in [3.63, 3.8) is 0 Å². The van der Waals surface area contributed by atoms with Crippen LogP contribution in [-0.2, 0) is 11.3 Å². The molecule has 0 N–H and O–H groups in total. The van der Waals surface area contributed by atoms with E-state index >= 15 is 0 Å². The van der Waals surface area contributed by atoms with Gasteiger partial charge in [-0.2, -0.15) is 17.3 Å². The molecule has 1 fully saturated rings. The molecule has 0 saturated carbocycles. The van der Waals surface area contributed by atoms with E-state index in [2.05, 4.69) is 38.6 Å². The van der Waals surface area contributed by atoms with Crippen LogP contribution in [0.5, 0.6) is 0 Å². The number of halogens is 1. The van der Waals surface area contributed by atoms with Gasteiger partial charge in [-0.3, -0.25) is 0 Å². The van der Waals surface area contributed by atoms with Gasteiger partial charge >= 0.3 is 5.95 Å². The Labute approximate surface area is 118 Å². The molecule has 1 aromatic rings. The average Bonchev–Trinajstić information content (AvgIpc) is 2.72. The van der Waals surface area contributed by atoms with E-state index in [0.717, 1.165) is 12.8 Å². The van der Waals surface area contributed by atoms with Crippen LogP contribution in [0, 0.1) is 15.5 Å². The topological polar surface area (TPSA) is 83.1 Å². The molecule has 7 nitrogen and oxygen atoms in total. The van der Waals surface area contributed by atoms with E-state index in [1.807, 2.05) is 0 Å². The van der Waals surface area contributed by atoms with Crippen LogP contribution in [0.25, 0.3) is 0 Å². The molecule has 0 aromatic carbocycles. The van der Waals surface area contributed by atoms with Gasteiger partial charge in [0.2, 0.25) is 0 Å². The van der Waals surface area contributed by atoms with Crippen LogP contribution in [-0.4, -0.2) is 38.7 Å². The zero-order valence-electron chi connectivity index (χ0n) is 9.58. The molecular formula is C9H13BrN4O3S. The van der Waals surface area contributed by atoms with Gasteiger partial charge in [0, 0.05) is 39.7 Å². The Hall–Kier alpha value is -0.670. The summed E-state index contributed by atoms with van der Waals surface area (Å²) in [6, 6.07) is 0. The molecule has 1 aromatic heterocycles. The zero-order valence-corrected chi connectivity index (χ0v) is 12.1. The maximum absolute atomic E-state index is 10.6. The Kier molecular flexibility index (Phi) is 4.23. The van der Waals surface area contributed by atoms with Gasteiger partial charge in [-0.1, -0.05) is 0 Å². The molecule has 0 amide bonds. The smallest absolute Gasteiger partial charge is 0.390 e. The second-order valence-corrected chi connectivity index (χ2v) is 5.39. The third-order valence-corrected chi connectivity index (χ3v) is 4.41. The second-order valence-electron chi connectivity index (χ2n) is 4.37. The van der Waals surface area contributed by atoms with Crippen molar-refractivity contribution in [1.82, 2.24) is 14.8 Å². The van der Waals surface area contributed by atoms with Crippen LogP contribution < -0.4 is 0 Å². The fourth-order valence-corrected chi connectivity index (χ4v) is 2.76. The minimum atomic E-state index is -0.599. The van der Waals surface area contributed by atoms with Gasteiger partial charge in [0.1, 0.15) is 0 Å². The fourth-order valence-electron chi connectivity index (χ4n) is 1.98. The van der Waals surface area contributed by atoms with Gasteiger partial charge in [-0.05, 0) is 28.5 Å². The molecule has 1 aliphatic rings. The number of nitrogens with zero attached hydrogens (tertiary/aromatic N) is 4. The van der Waals surface area contributed by atoms with E-state index in [1.54, 1.807) is 0 Å². The predicted molar refractivity (Wildman–Crippen MR) is 70.7 cm³/mol. The maximum Gasteiger partial charge on any atom is 0.492 e. The third kappa shape index (κ3) is 2.83. The molecule has 0 bridgehead atoms. The summed E-state index contributed by atoms with van der Waals surface area (Å²) in [4.78, 5) is 13.8. The van der Waals surface area contributed by atoms with Crippen molar-refractivity contribution < 1.29 is 9.66 Å². The molecule has 0 spiro atoms. The van der Waals surface area contributed by atoms with Gasteiger partial charge in [0.05, 0.1) is 6.54 Å². The highest BCUT2D eigenvalue weighted by atomic mass is 79.9. The lowest BCUT2D eigenvalue weighted by molar-refractivity contribution is -0.394.